The van der Waals surface area contributed by atoms with Gasteiger partial charge in [-0.2, -0.15) is 0 Å². The van der Waals surface area contributed by atoms with E-state index in [2.05, 4.69) is 20.2 Å². The molecule has 1 N–H and O–H groups in total. The van der Waals surface area contributed by atoms with Gasteiger partial charge in [0.05, 0.1) is 24.1 Å². The average molecular weight is 246 g/mol. The number of aromatic nitrogens is 2. The molecule has 18 heavy (non-hydrogen) atoms. The number of nitrogens with one attached hydrogen (secondary N) is 1. The smallest absolute Gasteiger partial charge is 0.147 e. The number of rotatable bonds is 2. The third-order valence-corrected chi connectivity index (χ3v) is 4.01. The second-order valence-corrected chi connectivity index (χ2v) is 5.35. The first-order chi connectivity index (χ1) is 8.93. The summed E-state index contributed by atoms with van der Waals surface area (Å²) in [6.07, 6.45) is 11.6. The lowest BCUT2D eigenvalue weighted by atomic mass is 10.2. The molecule has 2 aliphatic heterocycles. The molecular weight excluding hydrogens is 224 g/mol. The van der Waals surface area contributed by atoms with E-state index in [-0.39, 0.29) is 0 Å². The van der Waals surface area contributed by atoms with Crippen LogP contribution in [0, 0.1) is 0 Å². The maximum Gasteiger partial charge on any atom is 0.147 e. The lowest BCUT2D eigenvalue weighted by Crippen LogP contribution is -2.25. The number of hydrogen-bond acceptors (Lipinski definition) is 4. The largest absolute Gasteiger partial charge is 0.355 e. The maximum atomic E-state index is 4.61. The van der Waals surface area contributed by atoms with Crippen LogP contribution in [0.2, 0.25) is 0 Å². The zero-order valence-corrected chi connectivity index (χ0v) is 10.9. The van der Waals surface area contributed by atoms with Crippen LogP contribution in [0.4, 0.5) is 5.82 Å². The minimum absolute atomic E-state index is 0.427. The Morgan fingerprint density at radius 3 is 2.44 bits per heavy atom. The number of anilines is 1. The monoisotopic (exact) mass is 246 g/mol. The molecule has 2 aliphatic rings. The normalized spacial score (nSPS) is 25.1. The lowest BCUT2D eigenvalue weighted by Gasteiger charge is -2.21. The van der Waals surface area contributed by atoms with Crippen LogP contribution in [0.15, 0.2) is 12.4 Å². The third kappa shape index (κ3) is 2.64. The van der Waals surface area contributed by atoms with Gasteiger partial charge in [-0.3, -0.25) is 4.98 Å². The van der Waals surface area contributed by atoms with E-state index in [0.717, 1.165) is 31.1 Å². The van der Waals surface area contributed by atoms with E-state index in [1.807, 2.05) is 12.4 Å². The van der Waals surface area contributed by atoms with Crippen LogP contribution < -0.4 is 10.2 Å². The van der Waals surface area contributed by atoms with E-state index in [9.17, 15) is 0 Å². The van der Waals surface area contributed by atoms with Crippen molar-refractivity contribution >= 4 is 5.82 Å². The first kappa shape index (κ1) is 11.9. The summed E-state index contributed by atoms with van der Waals surface area (Å²) in [5, 5.41) is 3.47. The maximum absolute atomic E-state index is 4.61. The fraction of sp³-hybridized carbons (Fsp3) is 0.714. The Labute approximate surface area is 109 Å². The molecule has 0 radical (unpaired) electrons. The molecule has 0 amide bonds. The summed E-state index contributed by atoms with van der Waals surface area (Å²) in [4.78, 5) is 11.6. The molecule has 0 aliphatic carbocycles. The minimum Gasteiger partial charge on any atom is -0.355 e. The van der Waals surface area contributed by atoms with Crippen LogP contribution >= 0.6 is 0 Å². The van der Waals surface area contributed by atoms with Crippen molar-refractivity contribution in [2.24, 2.45) is 0 Å². The summed E-state index contributed by atoms with van der Waals surface area (Å²) in [5.74, 6) is 1.05. The van der Waals surface area contributed by atoms with Gasteiger partial charge >= 0.3 is 0 Å². The topological polar surface area (TPSA) is 41.1 Å². The van der Waals surface area contributed by atoms with Gasteiger partial charge in [0.15, 0.2) is 0 Å². The first-order valence-electron chi connectivity index (χ1n) is 7.24. The second kappa shape index (κ2) is 5.65. The van der Waals surface area contributed by atoms with E-state index in [4.69, 9.17) is 0 Å². The third-order valence-electron chi connectivity index (χ3n) is 4.01. The van der Waals surface area contributed by atoms with Crippen LogP contribution in [0.5, 0.6) is 0 Å². The minimum atomic E-state index is 0.427. The molecule has 1 atom stereocenters. The van der Waals surface area contributed by atoms with Crippen molar-refractivity contribution in [3.05, 3.63) is 18.1 Å². The molecule has 4 heteroatoms. The van der Waals surface area contributed by atoms with Crippen LogP contribution in [0.3, 0.4) is 0 Å². The number of nitrogens with zero attached hydrogens (tertiary/aromatic N) is 3. The van der Waals surface area contributed by atoms with Gasteiger partial charge in [-0.05, 0) is 32.2 Å². The predicted molar refractivity (Wildman–Crippen MR) is 72.7 cm³/mol. The summed E-state index contributed by atoms with van der Waals surface area (Å²) in [6.45, 7) is 3.38. The van der Waals surface area contributed by atoms with Crippen molar-refractivity contribution in [1.29, 1.82) is 0 Å². The summed E-state index contributed by atoms with van der Waals surface area (Å²) >= 11 is 0. The molecule has 1 aromatic heterocycles. The van der Waals surface area contributed by atoms with E-state index in [1.54, 1.807) is 0 Å². The van der Waals surface area contributed by atoms with Gasteiger partial charge in [0.1, 0.15) is 5.82 Å². The molecule has 0 aromatic carbocycles. The zero-order valence-electron chi connectivity index (χ0n) is 10.9. The van der Waals surface area contributed by atoms with E-state index in [0.29, 0.717) is 6.04 Å². The van der Waals surface area contributed by atoms with Crippen molar-refractivity contribution in [1.82, 2.24) is 15.3 Å². The molecule has 3 heterocycles. The second-order valence-electron chi connectivity index (χ2n) is 5.35. The molecule has 0 saturated carbocycles. The van der Waals surface area contributed by atoms with Gasteiger partial charge in [0, 0.05) is 13.1 Å². The molecule has 98 valence electrons. The fourth-order valence-electron chi connectivity index (χ4n) is 2.91. The quantitative estimate of drug-likeness (QED) is 0.869. The molecule has 0 bridgehead atoms. The van der Waals surface area contributed by atoms with Crippen LogP contribution in [-0.4, -0.2) is 29.6 Å². The molecule has 1 aromatic rings. The summed E-state index contributed by atoms with van der Waals surface area (Å²) in [5.41, 5.74) is 1.10. The Hall–Kier alpha value is -1.16. The van der Waals surface area contributed by atoms with E-state index in [1.165, 1.54) is 38.5 Å². The van der Waals surface area contributed by atoms with Gasteiger partial charge in [-0.25, -0.2) is 4.98 Å². The average Bonchev–Trinajstić information content (AvgIpc) is 2.82. The highest BCUT2D eigenvalue weighted by Crippen LogP contribution is 2.22. The predicted octanol–water partition coefficient (Wildman–Crippen LogP) is 2.28. The van der Waals surface area contributed by atoms with Gasteiger partial charge in [-0.1, -0.05) is 12.8 Å². The van der Waals surface area contributed by atoms with Crippen LogP contribution in [-0.2, 0) is 0 Å². The Balaban J connectivity index is 1.69. The van der Waals surface area contributed by atoms with Crippen molar-refractivity contribution in [2.75, 3.05) is 24.5 Å². The SMILES string of the molecule is c1nc(N2CCCCCC2)cnc1C1CCCN1. The van der Waals surface area contributed by atoms with Crippen LogP contribution in [0.1, 0.15) is 50.3 Å². The first-order valence-corrected chi connectivity index (χ1v) is 7.24. The molecule has 4 nitrogen and oxygen atoms in total. The van der Waals surface area contributed by atoms with Crippen molar-refractivity contribution < 1.29 is 0 Å². The van der Waals surface area contributed by atoms with Crippen molar-refractivity contribution in [3.63, 3.8) is 0 Å². The summed E-state index contributed by atoms with van der Waals surface area (Å²) in [7, 11) is 0. The van der Waals surface area contributed by atoms with Crippen molar-refractivity contribution in [3.8, 4) is 0 Å². The van der Waals surface area contributed by atoms with Crippen LogP contribution in [0.25, 0.3) is 0 Å². The Bertz CT molecular complexity index is 362. The highest BCUT2D eigenvalue weighted by Gasteiger charge is 2.18. The highest BCUT2D eigenvalue weighted by molar-refractivity contribution is 5.36. The van der Waals surface area contributed by atoms with Gasteiger partial charge in [0.25, 0.3) is 0 Å². The molecule has 0 spiro atoms. The molecule has 2 fully saturated rings. The highest BCUT2D eigenvalue weighted by atomic mass is 15.2. The Kier molecular flexibility index (Phi) is 3.74. The van der Waals surface area contributed by atoms with Gasteiger partial charge < -0.3 is 10.2 Å². The molecule has 3 rings (SSSR count). The van der Waals surface area contributed by atoms with E-state index < -0.39 is 0 Å². The van der Waals surface area contributed by atoms with Gasteiger partial charge in [-0.15, -0.1) is 0 Å². The standard InChI is InChI=1S/C14H22N4/c1-2-4-9-18(8-3-1)14-11-16-13(10-17-14)12-6-5-7-15-12/h10-12,15H,1-9H2. The molecular formula is C14H22N4. The zero-order chi connectivity index (χ0) is 12.2. The Morgan fingerprint density at radius 1 is 1.00 bits per heavy atom. The summed E-state index contributed by atoms with van der Waals surface area (Å²) < 4.78 is 0. The Morgan fingerprint density at radius 2 is 1.83 bits per heavy atom. The lowest BCUT2D eigenvalue weighted by molar-refractivity contribution is 0.623. The van der Waals surface area contributed by atoms with Crippen molar-refractivity contribution in [2.45, 2.75) is 44.6 Å². The molecule has 2 saturated heterocycles. The fourth-order valence-corrected chi connectivity index (χ4v) is 2.91. The summed E-state index contributed by atoms with van der Waals surface area (Å²) in [6, 6.07) is 0.427. The number of hydrogen-bond donors (Lipinski definition) is 1. The van der Waals surface area contributed by atoms with Gasteiger partial charge in [0.2, 0.25) is 0 Å². The van der Waals surface area contributed by atoms with E-state index >= 15 is 0 Å². The molecule has 1 unspecified atom stereocenters.